The summed E-state index contributed by atoms with van der Waals surface area (Å²) in [5.74, 6) is 1.84. The number of nitrogens with zero attached hydrogens (tertiary/aromatic N) is 1. The van der Waals surface area contributed by atoms with Gasteiger partial charge in [-0.3, -0.25) is 0 Å². The average molecular weight is 109 g/mol. The van der Waals surface area contributed by atoms with Gasteiger partial charge in [-0.15, -0.1) is 0 Å². The number of hydrogen-bond donors (Lipinski definition) is 0. The molecule has 1 aliphatic rings. The van der Waals surface area contributed by atoms with Crippen LogP contribution in [0.5, 0.6) is 0 Å². The van der Waals surface area contributed by atoms with Gasteiger partial charge in [-0.25, -0.2) is 0 Å². The molecule has 8 heavy (non-hydrogen) atoms. The summed E-state index contributed by atoms with van der Waals surface area (Å²) in [5, 5.41) is 8.38. The zero-order valence-corrected chi connectivity index (χ0v) is 5.39. The van der Waals surface area contributed by atoms with Crippen LogP contribution in [0.25, 0.3) is 0 Å². The molecule has 2 unspecified atom stereocenters. The zero-order chi connectivity index (χ0) is 6.15. The van der Waals surface area contributed by atoms with E-state index in [1.165, 1.54) is 0 Å². The minimum absolute atomic E-state index is 0.398. The Morgan fingerprint density at radius 2 is 2.25 bits per heavy atom. The molecule has 1 rings (SSSR count). The predicted octanol–water partition coefficient (Wildman–Crippen LogP) is 1.80. The van der Waals surface area contributed by atoms with Gasteiger partial charge < -0.3 is 0 Å². The van der Waals surface area contributed by atoms with Crippen molar-refractivity contribution in [3.05, 3.63) is 0 Å². The Bertz CT molecular complexity index is 121. The first-order valence-corrected chi connectivity index (χ1v) is 3.15. The third kappa shape index (κ3) is 0.838. The summed E-state index contributed by atoms with van der Waals surface area (Å²) in [6.07, 6.45) is 1.15. The normalized spacial score (nSPS) is 34.8. The second-order valence-corrected chi connectivity index (χ2v) is 2.88. The fraction of sp³-hybridized carbons (Fsp3) is 0.857. The van der Waals surface area contributed by atoms with Crippen LogP contribution in [-0.2, 0) is 0 Å². The third-order valence-corrected chi connectivity index (χ3v) is 1.86. The molecule has 0 bridgehead atoms. The van der Waals surface area contributed by atoms with E-state index in [1.807, 2.05) is 0 Å². The van der Waals surface area contributed by atoms with Gasteiger partial charge in [0.05, 0.1) is 6.07 Å². The molecule has 1 aliphatic carbocycles. The Balaban J connectivity index is 2.29. The van der Waals surface area contributed by atoms with Crippen molar-refractivity contribution in [3.63, 3.8) is 0 Å². The smallest absolute Gasteiger partial charge is 0.0658 e. The fourth-order valence-electron chi connectivity index (χ4n) is 1.10. The summed E-state index contributed by atoms with van der Waals surface area (Å²) < 4.78 is 0. The number of nitriles is 1. The van der Waals surface area contributed by atoms with Gasteiger partial charge in [-0.05, 0) is 18.3 Å². The Hall–Kier alpha value is -0.510. The van der Waals surface area contributed by atoms with Crippen LogP contribution in [0.2, 0.25) is 0 Å². The van der Waals surface area contributed by atoms with Gasteiger partial charge in [-0.2, -0.15) is 5.26 Å². The Morgan fingerprint density at radius 1 is 1.62 bits per heavy atom. The van der Waals surface area contributed by atoms with Crippen LogP contribution < -0.4 is 0 Å². The third-order valence-electron chi connectivity index (χ3n) is 1.86. The lowest BCUT2D eigenvalue weighted by molar-refractivity contribution is 0.545. The zero-order valence-electron chi connectivity index (χ0n) is 5.39. The van der Waals surface area contributed by atoms with Crippen LogP contribution in [0.15, 0.2) is 0 Å². The van der Waals surface area contributed by atoms with E-state index in [9.17, 15) is 0 Å². The highest BCUT2D eigenvalue weighted by atomic mass is 14.4. The first-order chi connectivity index (χ1) is 3.75. The standard InChI is InChI=1S/C7H11N/c1-5(2)7-3-6(7)4-8/h5-7H,3H2,1-2H3. The molecule has 1 fully saturated rings. The molecular weight excluding hydrogens is 98.1 g/mol. The maximum absolute atomic E-state index is 8.38. The van der Waals surface area contributed by atoms with E-state index < -0.39 is 0 Å². The summed E-state index contributed by atoms with van der Waals surface area (Å²) in [4.78, 5) is 0. The molecule has 0 aliphatic heterocycles. The van der Waals surface area contributed by atoms with Crippen molar-refractivity contribution in [1.29, 1.82) is 5.26 Å². The molecule has 0 N–H and O–H groups in total. The molecular formula is C7H11N. The quantitative estimate of drug-likeness (QED) is 0.503. The van der Waals surface area contributed by atoms with Gasteiger partial charge in [0.2, 0.25) is 0 Å². The van der Waals surface area contributed by atoms with E-state index in [4.69, 9.17) is 5.26 Å². The molecule has 0 saturated heterocycles. The van der Waals surface area contributed by atoms with E-state index in [-0.39, 0.29) is 0 Å². The highest BCUT2D eigenvalue weighted by Crippen LogP contribution is 2.43. The lowest BCUT2D eigenvalue weighted by Gasteiger charge is -1.95. The molecule has 44 valence electrons. The minimum Gasteiger partial charge on any atom is -0.198 e. The van der Waals surface area contributed by atoms with Crippen molar-refractivity contribution >= 4 is 0 Å². The first kappa shape index (κ1) is 5.62. The molecule has 0 amide bonds. The number of hydrogen-bond acceptors (Lipinski definition) is 1. The predicted molar refractivity (Wildman–Crippen MR) is 32.0 cm³/mol. The molecule has 0 radical (unpaired) electrons. The maximum atomic E-state index is 8.38. The van der Waals surface area contributed by atoms with Crippen LogP contribution in [0.3, 0.4) is 0 Å². The second kappa shape index (κ2) is 1.78. The highest BCUT2D eigenvalue weighted by molar-refractivity contribution is 5.02. The molecule has 1 nitrogen and oxygen atoms in total. The minimum atomic E-state index is 0.398. The van der Waals surface area contributed by atoms with Gasteiger partial charge in [-0.1, -0.05) is 13.8 Å². The Morgan fingerprint density at radius 3 is 2.38 bits per heavy atom. The van der Waals surface area contributed by atoms with Gasteiger partial charge in [0.25, 0.3) is 0 Å². The van der Waals surface area contributed by atoms with Crippen LogP contribution in [0, 0.1) is 29.1 Å². The molecule has 0 aromatic heterocycles. The van der Waals surface area contributed by atoms with Crippen molar-refractivity contribution in [3.8, 4) is 6.07 Å². The van der Waals surface area contributed by atoms with E-state index in [0.717, 1.165) is 18.3 Å². The topological polar surface area (TPSA) is 23.8 Å². The van der Waals surface area contributed by atoms with Crippen molar-refractivity contribution in [1.82, 2.24) is 0 Å². The van der Waals surface area contributed by atoms with Crippen molar-refractivity contribution in [2.24, 2.45) is 17.8 Å². The van der Waals surface area contributed by atoms with Crippen LogP contribution >= 0.6 is 0 Å². The maximum Gasteiger partial charge on any atom is 0.0658 e. The monoisotopic (exact) mass is 109 g/mol. The van der Waals surface area contributed by atoms with Crippen LogP contribution in [0.1, 0.15) is 20.3 Å². The largest absolute Gasteiger partial charge is 0.198 e. The van der Waals surface area contributed by atoms with Crippen LogP contribution in [0.4, 0.5) is 0 Å². The summed E-state index contributed by atoms with van der Waals surface area (Å²) >= 11 is 0. The SMILES string of the molecule is CC(C)C1CC1C#N. The molecule has 1 saturated carbocycles. The van der Waals surface area contributed by atoms with Gasteiger partial charge in [0.1, 0.15) is 0 Å². The molecule has 2 atom stereocenters. The lowest BCUT2D eigenvalue weighted by Crippen LogP contribution is -1.90. The molecule has 0 heterocycles. The second-order valence-electron chi connectivity index (χ2n) is 2.88. The van der Waals surface area contributed by atoms with Gasteiger partial charge in [0.15, 0.2) is 0 Å². The summed E-state index contributed by atoms with van der Waals surface area (Å²) in [6.45, 7) is 4.37. The summed E-state index contributed by atoms with van der Waals surface area (Å²) in [5.41, 5.74) is 0. The summed E-state index contributed by atoms with van der Waals surface area (Å²) in [7, 11) is 0. The average Bonchev–Trinajstić information content (AvgIpc) is 2.42. The molecule has 0 aromatic carbocycles. The molecule has 0 aromatic rings. The van der Waals surface area contributed by atoms with Crippen LogP contribution in [-0.4, -0.2) is 0 Å². The van der Waals surface area contributed by atoms with E-state index in [2.05, 4.69) is 19.9 Å². The van der Waals surface area contributed by atoms with Crippen molar-refractivity contribution in [2.45, 2.75) is 20.3 Å². The first-order valence-electron chi connectivity index (χ1n) is 3.15. The van der Waals surface area contributed by atoms with Gasteiger partial charge >= 0.3 is 0 Å². The summed E-state index contributed by atoms with van der Waals surface area (Å²) in [6, 6.07) is 2.27. The van der Waals surface area contributed by atoms with E-state index in [0.29, 0.717) is 5.92 Å². The highest BCUT2D eigenvalue weighted by Gasteiger charge is 2.39. The van der Waals surface area contributed by atoms with E-state index in [1.54, 1.807) is 0 Å². The Kier molecular flexibility index (Phi) is 1.25. The Labute approximate surface area is 50.3 Å². The van der Waals surface area contributed by atoms with Crippen molar-refractivity contribution in [2.75, 3.05) is 0 Å². The number of rotatable bonds is 1. The molecule has 0 spiro atoms. The van der Waals surface area contributed by atoms with Gasteiger partial charge in [0, 0.05) is 5.92 Å². The van der Waals surface area contributed by atoms with E-state index >= 15 is 0 Å². The lowest BCUT2D eigenvalue weighted by atomic mass is 10.1. The fourth-order valence-corrected chi connectivity index (χ4v) is 1.10. The molecule has 1 heteroatoms. The van der Waals surface area contributed by atoms with Crippen molar-refractivity contribution < 1.29 is 0 Å².